The SMILES string of the molecule is c1ccc(-c2c3ccccc3c(-c3cc(-n4c5ccccc5c5ccccc54)c4oc5ccccc5c4c3)c3ccccc23)cc1.c1ccc(-c2cc(-c3ccccc3)cc(-c3c4ccccc4c(-c4cc5c(cc4-c4ccccc4)oc4ccccc45)c4ccccc34)c2)cc1.c1ccc(-c2ccc(-c3c4ccccc4c(-c4cc5c(cc4-c4ccc6ccccc6c4)oc4ccccc45)c4ccccc34)cc2)cc1. The van der Waals surface area contributed by atoms with Crippen molar-refractivity contribution >= 4 is 163 Å². The molecule has 680 valence electrons. The van der Waals surface area contributed by atoms with Crippen LogP contribution in [0.3, 0.4) is 0 Å². The van der Waals surface area contributed by atoms with Gasteiger partial charge in [-0.15, -0.1) is 0 Å². The molecule has 26 aromatic carbocycles. The van der Waals surface area contributed by atoms with E-state index in [2.05, 4.69) is 532 Å². The van der Waals surface area contributed by atoms with Gasteiger partial charge < -0.3 is 17.8 Å². The molecule has 0 spiro atoms. The fraction of sp³-hybridized carbons (Fsp3) is 0. The number of hydrogen-bond acceptors (Lipinski definition) is 3. The molecule has 30 aromatic rings. The van der Waals surface area contributed by atoms with Crippen LogP contribution in [-0.2, 0) is 0 Å². The number of nitrogens with zero attached hydrogens (tertiary/aromatic N) is 1. The summed E-state index contributed by atoms with van der Waals surface area (Å²) in [6, 6.07) is 195. The maximum atomic E-state index is 6.73. The molecule has 0 aliphatic carbocycles. The van der Waals surface area contributed by atoms with Crippen LogP contribution in [0.25, 0.3) is 291 Å². The summed E-state index contributed by atoms with van der Waals surface area (Å²) in [5.41, 5.74) is 35.4. The van der Waals surface area contributed by atoms with E-state index in [0.717, 1.165) is 99.2 Å². The maximum absolute atomic E-state index is 6.73. The lowest BCUT2D eigenvalue weighted by atomic mass is 9.82. The van der Waals surface area contributed by atoms with E-state index in [4.69, 9.17) is 13.3 Å². The van der Waals surface area contributed by atoms with Crippen molar-refractivity contribution in [1.29, 1.82) is 0 Å². The number of benzene rings is 26. The van der Waals surface area contributed by atoms with Crippen molar-refractivity contribution in [3.63, 3.8) is 0 Å². The van der Waals surface area contributed by atoms with Gasteiger partial charge in [0.2, 0.25) is 0 Å². The van der Waals surface area contributed by atoms with Gasteiger partial charge in [-0.3, -0.25) is 0 Å². The highest BCUT2D eigenvalue weighted by Crippen LogP contribution is 2.54. The number of hydrogen-bond donors (Lipinski definition) is 0. The summed E-state index contributed by atoms with van der Waals surface area (Å²) in [5, 5.41) is 26.5. The van der Waals surface area contributed by atoms with Gasteiger partial charge in [0.1, 0.15) is 27.9 Å². The molecule has 0 saturated heterocycles. The first-order chi connectivity index (χ1) is 72.4. The van der Waals surface area contributed by atoms with E-state index >= 15 is 0 Å². The molecule has 0 radical (unpaired) electrons. The van der Waals surface area contributed by atoms with E-state index < -0.39 is 0 Å². The molecule has 4 nitrogen and oxygen atoms in total. The molecule has 0 N–H and O–H groups in total. The lowest BCUT2D eigenvalue weighted by Gasteiger charge is -2.21. The van der Waals surface area contributed by atoms with Gasteiger partial charge in [-0.25, -0.2) is 0 Å². The molecular formula is C142H89NO3. The topological polar surface area (TPSA) is 44.4 Å². The van der Waals surface area contributed by atoms with Crippen LogP contribution in [0.4, 0.5) is 0 Å². The van der Waals surface area contributed by atoms with E-state index in [1.54, 1.807) is 0 Å². The van der Waals surface area contributed by atoms with E-state index in [-0.39, 0.29) is 0 Å². The average molecular weight is 1860 g/mol. The molecule has 4 aromatic heterocycles. The third kappa shape index (κ3) is 14.4. The van der Waals surface area contributed by atoms with Crippen LogP contribution >= 0.6 is 0 Å². The van der Waals surface area contributed by atoms with Crippen molar-refractivity contribution in [3.05, 3.63) is 540 Å². The van der Waals surface area contributed by atoms with Gasteiger partial charge in [-0.05, 0) is 289 Å². The Hall–Kier alpha value is -19.3. The number of furan rings is 3. The van der Waals surface area contributed by atoms with E-state index in [1.165, 1.54) is 192 Å². The number of para-hydroxylation sites is 5. The fourth-order valence-corrected chi connectivity index (χ4v) is 23.4. The Kier molecular flexibility index (Phi) is 20.6. The van der Waals surface area contributed by atoms with Crippen LogP contribution in [0.1, 0.15) is 0 Å². The molecule has 0 saturated carbocycles. The standard InChI is InChI=1S/C50H32O.C48H30O.C44H27NO/c1-4-16-33(17-5-1)36-28-37(34-18-6-2-7-19-34)30-38(29-36)49-40-23-10-12-25-42(40)50(43-26-13-11-24-41(43)49)46-31-45-39-22-14-15-27-47(39)51-48(45)32-44(46)35-20-8-3-9-21-35;1-2-12-31(13-3-1)33-22-25-34(26-23-33)47-38-17-6-8-19-40(38)48(41-20-9-7-18-39(41)47)44-29-43-37-16-10-11-21-45(37)49-46(43)30-42(44)36-27-24-32-14-4-5-15-35(32)28-36;1-2-14-28(15-3-1)42-33-19-4-6-21-35(33)43(36-22-7-5-20-34(36)42)29-26-37-32-18-10-13-25-41(32)46-44(37)40(27-29)45-38-23-11-8-16-30(38)31-17-9-12-24-39(31)45/h1-32H;1-30H;1-27H. The third-order valence-corrected chi connectivity index (χ3v) is 29.9. The molecule has 146 heavy (non-hydrogen) atoms. The average Bonchev–Trinajstić information content (AvgIpc) is 1.68. The Morgan fingerprint density at radius 3 is 0.815 bits per heavy atom. The highest BCUT2D eigenvalue weighted by Gasteiger charge is 2.28. The van der Waals surface area contributed by atoms with Gasteiger partial charge in [-0.1, -0.05) is 449 Å². The molecule has 0 amide bonds. The van der Waals surface area contributed by atoms with Gasteiger partial charge >= 0.3 is 0 Å². The van der Waals surface area contributed by atoms with Crippen LogP contribution in [0, 0.1) is 0 Å². The van der Waals surface area contributed by atoms with Crippen molar-refractivity contribution in [2.45, 2.75) is 0 Å². The monoisotopic (exact) mass is 1860 g/mol. The second-order valence-corrected chi connectivity index (χ2v) is 38.1. The Balaban J connectivity index is 0.000000106. The molecule has 0 aliphatic rings. The van der Waals surface area contributed by atoms with Crippen LogP contribution in [0.15, 0.2) is 553 Å². The van der Waals surface area contributed by atoms with Crippen molar-refractivity contribution in [2.24, 2.45) is 0 Å². The zero-order valence-corrected chi connectivity index (χ0v) is 79.6. The van der Waals surface area contributed by atoms with Gasteiger partial charge in [0.15, 0.2) is 5.58 Å². The van der Waals surface area contributed by atoms with Crippen molar-refractivity contribution in [2.75, 3.05) is 0 Å². The second-order valence-electron chi connectivity index (χ2n) is 38.1. The van der Waals surface area contributed by atoms with E-state index in [0.29, 0.717) is 0 Å². The van der Waals surface area contributed by atoms with E-state index in [9.17, 15) is 0 Å². The highest BCUT2D eigenvalue weighted by molar-refractivity contribution is 6.28. The van der Waals surface area contributed by atoms with Crippen LogP contribution < -0.4 is 0 Å². The molecule has 0 atom stereocenters. The smallest absolute Gasteiger partial charge is 0.159 e. The van der Waals surface area contributed by atoms with Crippen molar-refractivity contribution < 1.29 is 13.3 Å². The van der Waals surface area contributed by atoms with Gasteiger partial charge in [0.25, 0.3) is 0 Å². The molecule has 0 fully saturated rings. The summed E-state index contributed by atoms with van der Waals surface area (Å²) < 4.78 is 22.1. The van der Waals surface area contributed by atoms with Gasteiger partial charge in [0.05, 0.1) is 16.7 Å². The Morgan fingerprint density at radius 2 is 0.397 bits per heavy atom. The normalized spacial score (nSPS) is 11.7. The van der Waals surface area contributed by atoms with Crippen molar-refractivity contribution in [1.82, 2.24) is 4.57 Å². The summed E-state index contributed by atoms with van der Waals surface area (Å²) in [5.74, 6) is 0. The molecule has 0 aliphatic heterocycles. The van der Waals surface area contributed by atoms with Crippen LogP contribution in [0.2, 0.25) is 0 Å². The van der Waals surface area contributed by atoms with Crippen LogP contribution in [-0.4, -0.2) is 4.57 Å². The molecule has 0 unspecified atom stereocenters. The summed E-state index contributed by atoms with van der Waals surface area (Å²) in [6.45, 7) is 0. The van der Waals surface area contributed by atoms with Gasteiger partial charge in [0, 0.05) is 43.1 Å². The minimum absolute atomic E-state index is 0.894. The fourth-order valence-electron chi connectivity index (χ4n) is 23.4. The van der Waals surface area contributed by atoms with Crippen LogP contribution in [0.5, 0.6) is 0 Å². The predicted octanol–water partition coefficient (Wildman–Crippen LogP) is 40.3. The Labute approximate surface area is 842 Å². The van der Waals surface area contributed by atoms with E-state index in [1.807, 2.05) is 12.1 Å². The lowest BCUT2D eigenvalue weighted by molar-refractivity contribution is 0.666. The number of aromatic nitrogens is 1. The summed E-state index contributed by atoms with van der Waals surface area (Å²) in [6.07, 6.45) is 0. The first kappa shape index (κ1) is 84.8. The highest BCUT2D eigenvalue weighted by atomic mass is 16.3. The quantitative estimate of drug-likeness (QED) is 0.115. The molecule has 4 heterocycles. The maximum Gasteiger partial charge on any atom is 0.159 e. The number of rotatable bonds is 12. The molecular weight excluding hydrogens is 1770 g/mol. The van der Waals surface area contributed by atoms with Gasteiger partial charge in [-0.2, -0.15) is 0 Å². The zero-order valence-electron chi connectivity index (χ0n) is 79.6. The first-order valence-electron chi connectivity index (χ1n) is 50.1. The minimum Gasteiger partial charge on any atom is -0.456 e. The summed E-state index contributed by atoms with van der Waals surface area (Å²) >= 11 is 0. The third-order valence-electron chi connectivity index (χ3n) is 29.9. The zero-order chi connectivity index (χ0) is 96.2. The number of fused-ring (bicyclic) bond motifs is 19. The largest absolute Gasteiger partial charge is 0.456 e. The summed E-state index contributed by atoms with van der Waals surface area (Å²) in [7, 11) is 0. The predicted molar refractivity (Wildman–Crippen MR) is 618 cm³/mol. The van der Waals surface area contributed by atoms with Crippen molar-refractivity contribution in [3.8, 4) is 128 Å². The molecule has 4 heteroatoms. The second kappa shape index (κ2) is 35.5. The Morgan fingerprint density at radius 1 is 0.123 bits per heavy atom. The molecule has 0 bridgehead atoms. The Bertz CT molecular complexity index is 10100. The summed E-state index contributed by atoms with van der Waals surface area (Å²) in [4.78, 5) is 0. The minimum atomic E-state index is 0.894. The lowest BCUT2D eigenvalue weighted by Crippen LogP contribution is -1.96. The molecule has 30 rings (SSSR count). The first-order valence-corrected chi connectivity index (χ1v) is 50.1.